The van der Waals surface area contributed by atoms with Crippen LogP contribution in [0, 0.1) is 0 Å². The number of nitrogens with zero attached hydrogens (tertiary/aromatic N) is 2. The fourth-order valence-corrected chi connectivity index (χ4v) is 4.07. The molecular formula is C13H13N3OS2. The quantitative estimate of drug-likeness (QED) is 0.942. The largest absolute Gasteiger partial charge is 0.368 e. The molecule has 98 valence electrons. The van der Waals surface area contributed by atoms with Crippen LogP contribution in [0.2, 0.25) is 0 Å². The molecule has 0 radical (unpaired) electrons. The summed E-state index contributed by atoms with van der Waals surface area (Å²) in [6, 6.07) is 5.90. The monoisotopic (exact) mass is 291 g/mol. The first-order chi connectivity index (χ1) is 9.17. The molecule has 2 aromatic rings. The summed E-state index contributed by atoms with van der Waals surface area (Å²) in [5.74, 6) is 0.262. The van der Waals surface area contributed by atoms with Gasteiger partial charge in [-0.05, 0) is 24.1 Å². The van der Waals surface area contributed by atoms with Gasteiger partial charge in [0.05, 0.1) is 10.2 Å². The number of primary amides is 1. The maximum Gasteiger partial charge on any atom is 0.243 e. The van der Waals surface area contributed by atoms with E-state index in [1.807, 2.05) is 6.07 Å². The molecule has 3 rings (SSSR count). The predicted molar refractivity (Wildman–Crippen MR) is 81.0 cm³/mol. The number of hydrogen-bond acceptors (Lipinski definition) is 5. The number of aliphatic imine (C=N–C) groups is 1. The molecule has 0 aliphatic carbocycles. The maximum absolute atomic E-state index is 11.1. The minimum Gasteiger partial charge on any atom is -0.368 e. The van der Waals surface area contributed by atoms with Crippen LogP contribution in [-0.2, 0) is 11.2 Å². The summed E-state index contributed by atoms with van der Waals surface area (Å²) in [5.41, 5.74) is 7.57. The Morgan fingerprint density at radius 3 is 3.05 bits per heavy atom. The summed E-state index contributed by atoms with van der Waals surface area (Å²) >= 11 is 3.18. The van der Waals surface area contributed by atoms with Crippen molar-refractivity contribution in [2.45, 2.75) is 19.4 Å². The number of carbonyl (C=O) groups excluding carboxylic acids is 1. The van der Waals surface area contributed by atoms with E-state index in [0.717, 1.165) is 22.0 Å². The van der Waals surface area contributed by atoms with Crippen molar-refractivity contribution in [1.82, 2.24) is 4.98 Å². The van der Waals surface area contributed by atoms with Crippen molar-refractivity contribution < 1.29 is 4.79 Å². The molecule has 1 atom stereocenters. The third kappa shape index (κ3) is 2.37. The highest BCUT2D eigenvalue weighted by Gasteiger charge is 2.25. The molecule has 6 heteroatoms. The van der Waals surface area contributed by atoms with Crippen LogP contribution in [0.5, 0.6) is 0 Å². The van der Waals surface area contributed by atoms with E-state index < -0.39 is 6.04 Å². The minimum atomic E-state index is -0.404. The van der Waals surface area contributed by atoms with Crippen molar-refractivity contribution in [2.75, 3.05) is 5.75 Å². The van der Waals surface area contributed by atoms with Gasteiger partial charge in [0.1, 0.15) is 16.1 Å². The lowest BCUT2D eigenvalue weighted by molar-refractivity contribution is -0.118. The number of thioether (sulfide) groups is 1. The van der Waals surface area contributed by atoms with Crippen LogP contribution in [0.4, 0.5) is 0 Å². The second-order valence-corrected chi connectivity index (χ2v) is 6.38. The zero-order valence-corrected chi connectivity index (χ0v) is 12.1. The fourth-order valence-electron chi connectivity index (χ4n) is 1.92. The Hall–Kier alpha value is -1.40. The summed E-state index contributed by atoms with van der Waals surface area (Å²) in [7, 11) is 0. The van der Waals surface area contributed by atoms with Gasteiger partial charge in [0.25, 0.3) is 0 Å². The number of carbonyl (C=O) groups is 1. The van der Waals surface area contributed by atoms with Crippen LogP contribution in [-0.4, -0.2) is 27.7 Å². The number of aryl methyl sites for hydroxylation is 1. The van der Waals surface area contributed by atoms with Gasteiger partial charge in [-0.2, -0.15) is 0 Å². The highest BCUT2D eigenvalue weighted by molar-refractivity contribution is 8.15. The third-order valence-corrected chi connectivity index (χ3v) is 5.23. The molecule has 0 spiro atoms. The Morgan fingerprint density at radius 1 is 1.53 bits per heavy atom. The van der Waals surface area contributed by atoms with E-state index in [-0.39, 0.29) is 5.91 Å². The van der Waals surface area contributed by atoms with E-state index in [1.165, 1.54) is 10.3 Å². The van der Waals surface area contributed by atoms with E-state index in [1.54, 1.807) is 23.1 Å². The van der Waals surface area contributed by atoms with Gasteiger partial charge in [-0.15, -0.1) is 23.1 Å². The van der Waals surface area contributed by atoms with Crippen LogP contribution < -0.4 is 5.73 Å². The predicted octanol–water partition coefficient (Wildman–Crippen LogP) is 2.21. The molecule has 0 fully saturated rings. The Morgan fingerprint density at radius 2 is 2.37 bits per heavy atom. The first-order valence-electron chi connectivity index (χ1n) is 6.07. The number of benzene rings is 1. The molecule has 1 aromatic carbocycles. The standard InChI is InChI=1S/C13H13N3OS2/c1-2-7-3-4-8-10(5-7)19-13(15-8)12-16-9(6-18-12)11(14)17/h3-5,9H,2,6H2,1H3,(H2,14,17)/t9-/m1/s1. The number of fused-ring (bicyclic) bond motifs is 1. The maximum atomic E-state index is 11.1. The van der Waals surface area contributed by atoms with Gasteiger partial charge in [0.15, 0.2) is 0 Å². The average molecular weight is 291 g/mol. The van der Waals surface area contributed by atoms with E-state index in [2.05, 4.69) is 29.0 Å². The fraction of sp³-hybridized carbons (Fsp3) is 0.308. The lowest BCUT2D eigenvalue weighted by Crippen LogP contribution is -2.26. The van der Waals surface area contributed by atoms with Gasteiger partial charge in [0.2, 0.25) is 5.91 Å². The van der Waals surface area contributed by atoms with Gasteiger partial charge in [-0.25, -0.2) is 4.98 Å². The molecule has 19 heavy (non-hydrogen) atoms. The molecule has 0 saturated heterocycles. The molecule has 1 aliphatic heterocycles. The summed E-state index contributed by atoms with van der Waals surface area (Å²) < 4.78 is 1.17. The number of nitrogens with two attached hydrogens (primary N) is 1. The molecule has 2 N–H and O–H groups in total. The van der Waals surface area contributed by atoms with E-state index in [0.29, 0.717) is 5.75 Å². The lowest BCUT2D eigenvalue weighted by atomic mass is 10.2. The number of aromatic nitrogens is 1. The molecule has 0 unspecified atom stereocenters. The molecule has 1 aromatic heterocycles. The third-order valence-electron chi connectivity index (χ3n) is 3.02. The Kier molecular flexibility index (Phi) is 3.28. The molecule has 1 aliphatic rings. The lowest BCUT2D eigenvalue weighted by Gasteiger charge is -1.95. The molecule has 1 amide bonds. The average Bonchev–Trinajstić information content (AvgIpc) is 3.04. The highest BCUT2D eigenvalue weighted by Crippen LogP contribution is 2.30. The SMILES string of the molecule is CCc1ccc2nc(C3=N[C@@H](C(N)=O)CS3)sc2c1. The normalized spacial score (nSPS) is 18.8. The van der Waals surface area contributed by atoms with Gasteiger partial charge >= 0.3 is 0 Å². The smallest absolute Gasteiger partial charge is 0.243 e. The second kappa shape index (κ2) is 4.94. The van der Waals surface area contributed by atoms with Gasteiger partial charge in [-0.3, -0.25) is 9.79 Å². The summed E-state index contributed by atoms with van der Waals surface area (Å²) in [6.45, 7) is 2.14. The minimum absolute atomic E-state index is 0.364. The Bertz CT molecular complexity index is 678. The number of thiazole rings is 1. The molecule has 4 nitrogen and oxygen atoms in total. The van der Waals surface area contributed by atoms with Gasteiger partial charge in [-0.1, -0.05) is 13.0 Å². The summed E-state index contributed by atoms with van der Waals surface area (Å²) in [6.07, 6.45) is 1.02. The second-order valence-electron chi connectivity index (χ2n) is 4.34. The van der Waals surface area contributed by atoms with Crippen molar-refractivity contribution >= 4 is 44.3 Å². The number of amides is 1. The van der Waals surface area contributed by atoms with Crippen molar-refractivity contribution in [2.24, 2.45) is 10.7 Å². The van der Waals surface area contributed by atoms with Gasteiger partial charge in [0, 0.05) is 5.75 Å². The van der Waals surface area contributed by atoms with Gasteiger partial charge < -0.3 is 5.73 Å². The summed E-state index contributed by atoms with van der Waals surface area (Å²) in [5, 5.41) is 1.72. The topological polar surface area (TPSA) is 68.3 Å². The van der Waals surface area contributed by atoms with Crippen molar-refractivity contribution in [3.8, 4) is 0 Å². The molecule has 0 saturated carbocycles. The molecular weight excluding hydrogens is 278 g/mol. The van der Waals surface area contributed by atoms with Crippen LogP contribution in [0.25, 0.3) is 10.2 Å². The highest BCUT2D eigenvalue weighted by atomic mass is 32.2. The van der Waals surface area contributed by atoms with Crippen molar-refractivity contribution in [3.63, 3.8) is 0 Å². The van der Waals surface area contributed by atoms with Crippen molar-refractivity contribution in [3.05, 3.63) is 28.8 Å². The van der Waals surface area contributed by atoms with E-state index in [4.69, 9.17) is 5.73 Å². The Balaban J connectivity index is 1.98. The first kappa shape index (κ1) is 12.6. The number of rotatable bonds is 3. The number of hydrogen-bond donors (Lipinski definition) is 1. The van der Waals surface area contributed by atoms with Crippen molar-refractivity contribution in [1.29, 1.82) is 0 Å². The van der Waals surface area contributed by atoms with Crippen LogP contribution in [0.1, 0.15) is 17.5 Å². The van der Waals surface area contributed by atoms with Crippen LogP contribution in [0.15, 0.2) is 23.2 Å². The van der Waals surface area contributed by atoms with E-state index in [9.17, 15) is 4.79 Å². The molecule has 2 heterocycles. The van der Waals surface area contributed by atoms with Crippen LogP contribution in [0.3, 0.4) is 0 Å². The van der Waals surface area contributed by atoms with E-state index >= 15 is 0 Å². The molecule has 0 bridgehead atoms. The first-order valence-corrected chi connectivity index (χ1v) is 7.87. The zero-order valence-electron chi connectivity index (χ0n) is 10.4. The zero-order chi connectivity index (χ0) is 13.4. The Labute approximate surface area is 119 Å². The summed E-state index contributed by atoms with van der Waals surface area (Å²) in [4.78, 5) is 20.0. The van der Waals surface area contributed by atoms with Crippen LogP contribution >= 0.6 is 23.1 Å².